The molecule has 0 aliphatic rings. The lowest BCUT2D eigenvalue weighted by Gasteiger charge is -2.22. The Hall–Kier alpha value is -3.02. The SMILES string of the molecule is CC(C)(C)OC(=O)N[C@H](Cc1ccc(Oc2ccccc2)cc1)C(=O)O. The molecule has 0 saturated heterocycles. The third kappa shape index (κ3) is 6.47. The highest BCUT2D eigenvalue weighted by Crippen LogP contribution is 2.21. The number of carboxylic acid groups (broad SMARTS) is 1. The fourth-order valence-corrected chi connectivity index (χ4v) is 2.20. The Morgan fingerprint density at radius 2 is 1.58 bits per heavy atom. The topological polar surface area (TPSA) is 84.9 Å². The van der Waals surface area contributed by atoms with Crippen LogP contribution in [0.1, 0.15) is 26.3 Å². The van der Waals surface area contributed by atoms with E-state index in [1.807, 2.05) is 30.3 Å². The average Bonchev–Trinajstić information content (AvgIpc) is 2.55. The highest BCUT2D eigenvalue weighted by atomic mass is 16.6. The van der Waals surface area contributed by atoms with E-state index in [4.69, 9.17) is 9.47 Å². The van der Waals surface area contributed by atoms with Crippen LogP contribution in [0.5, 0.6) is 11.5 Å². The van der Waals surface area contributed by atoms with Crippen LogP contribution < -0.4 is 10.1 Å². The van der Waals surface area contributed by atoms with Gasteiger partial charge < -0.3 is 19.9 Å². The summed E-state index contributed by atoms with van der Waals surface area (Å²) in [6.45, 7) is 5.15. The van der Waals surface area contributed by atoms with Crippen molar-refractivity contribution in [3.05, 3.63) is 60.2 Å². The molecule has 0 radical (unpaired) electrons. The molecule has 0 fully saturated rings. The Morgan fingerprint density at radius 1 is 1.00 bits per heavy atom. The number of ether oxygens (including phenoxy) is 2. The molecule has 0 heterocycles. The average molecular weight is 357 g/mol. The second-order valence-electron chi connectivity index (χ2n) is 6.80. The zero-order valence-corrected chi connectivity index (χ0v) is 15.1. The van der Waals surface area contributed by atoms with Crippen LogP contribution >= 0.6 is 0 Å². The molecule has 0 unspecified atom stereocenters. The standard InChI is InChI=1S/C20H23NO5/c1-20(2,3)26-19(24)21-17(18(22)23)13-14-9-11-16(12-10-14)25-15-7-5-4-6-8-15/h4-12,17H,13H2,1-3H3,(H,21,24)(H,22,23)/t17-/m1/s1. The number of benzene rings is 2. The molecule has 0 bridgehead atoms. The maximum atomic E-state index is 11.8. The van der Waals surface area contributed by atoms with Crippen molar-refractivity contribution in [1.29, 1.82) is 0 Å². The number of carbonyl (C=O) groups is 2. The summed E-state index contributed by atoms with van der Waals surface area (Å²) in [5, 5.41) is 11.7. The third-order valence-corrected chi connectivity index (χ3v) is 3.33. The first-order valence-electron chi connectivity index (χ1n) is 8.27. The van der Waals surface area contributed by atoms with E-state index in [2.05, 4.69) is 5.32 Å². The number of carbonyl (C=O) groups excluding carboxylic acids is 1. The van der Waals surface area contributed by atoms with Crippen molar-refractivity contribution < 1.29 is 24.2 Å². The number of carboxylic acids is 1. The van der Waals surface area contributed by atoms with Crippen molar-refractivity contribution in [2.75, 3.05) is 0 Å². The molecule has 2 aromatic carbocycles. The molecule has 6 heteroatoms. The highest BCUT2D eigenvalue weighted by Gasteiger charge is 2.24. The van der Waals surface area contributed by atoms with Crippen LogP contribution in [-0.2, 0) is 16.0 Å². The van der Waals surface area contributed by atoms with E-state index < -0.39 is 23.7 Å². The highest BCUT2D eigenvalue weighted by molar-refractivity contribution is 5.80. The molecular formula is C20H23NO5. The summed E-state index contributed by atoms with van der Waals surface area (Å²) < 4.78 is 10.8. The van der Waals surface area contributed by atoms with Crippen molar-refractivity contribution in [3.63, 3.8) is 0 Å². The lowest BCUT2D eigenvalue weighted by Crippen LogP contribution is -2.44. The Bertz CT molecular complexity index is 735. The van der Waals surface area contributed by atoms with Crippen molar-refractivity contribution in [1.82, 2.24) is 5.32 Å². The molecule has 0 spiro atoms. The van der Waals surface area contributed by atoms with E-state index in [0.717, 1.165) is 11.3 Å². The number of hydrogen-bond acceptors (Lipinski definition) is 4. The predicted octanol–water partition coefficient (Wildman–Crippen LogP) is 4.00. The number of para-hydroxylation sites is 1. The first-order valence-corrected chi connectivity index (χ1v) is 8.27. The zero-order chi connectivity index (χ0) is 19.2. The van der Waals surface area contributed by atoms with Crippen molar-refractivity contribution >= 4 is 12.1 Å². The minimum Gasteiger partial charge on any atom is -0.480 e. The summed E-state index contributed by atoms with van der Waals surface area (Å²) in [7, 11) is 0. The van der Waals surface area contributed by atoms with Gasteiger partial charge in [-0.3, -0.25) is 0 Å². The van der Waals surface area contributed by atoms with E-state index in [1.165, 1.54) is 0 Å². The molecule has 0 aliphatic carbocycles. The van der Waals surface area contributed by atoms with Crippen LogP contribution in [0.3, 0.4) is 0 Å². The van der Waals surface area contributed by atoms with Gasteiger partial charge in [0.15, 0.2) is 0 Å². The number of nitrogens with one attached hydrogen (secondary N) is 1. The summed E-state index contributed by atoms with van der Waals surface area (Å²) >= 11 is 0. The molecule has 26 heavy (non-hydrogen) atoms. The van der Waals surface area contributed by atoms with E-state index in [0.29, 0.717) is 5.75 Å². The fraction of sp³-hybridized carbons (Fsp3) is 0.300. The van der Waals surface area contributed by atoms with Crippen LogP contribution in [-0.4, -0.2) is 28.8 Å². The van der Waals surface area contributed by atoms with E-state index in [9.17, 15) is 14.7 Å². The lowest BCUT2D eigenvalue weighted by molar-refractivity contribution is -0.139. The van der Waals surface area contributed by atoms with Gasteiger partial charge in [-0.25, -0.2) is 9.59 Å². The van der Waals surface area contributed by atoms with Gasteiger partial charge >= 0.3 is 12.1 Å². The number of hydrogen-bond donors (Lipinski definition) is 2. The van der Waals surface area contributed by atoms with E-state index in [1.54, 1.807) is 45.0 Å². The monoisotopic (exact) mass is 357 g/mol. The maximum Gasteiger partial charge on any atom is 0.408 e. The maximum absolute atomic E-state index is 11.8. The minimum atomic E-state index is -1.12. The van der Waals surface area contributed by atoms with Crippen LogP contribution in [0.25, 0.3) is 0 Å². The molecule has 0 aliphatic heterocycles. The van der Waals surface area contributed by atoms with E-state index >= 15 is 0 Å². The molecule has 138 valence electrons. The third-order valence-electron chi connectivity index (χ3n) is 3.33. The summed E-state index contributed by atoms with van der Waals surface area (Å²) in [4.78, 5) is 23.2. The van der Waals surface area contributed by atoms with Gasteiger partial charge in [-0.15, -0.1) is 0 Å². The predicted molar refractivity (Wildman–Crippen MR) is 97.5 cm³/mol. The van der Waals surface area contributed by atoms with Crippen LogP contribution in [0.4, 0.5) is 4.79 Å². The molecule has 2 N–H and O–H groups in total. The van der Waals surface area contributed by atoms with Crippen molar-refractivity contribution in [2.45, 2.75) is 38.8 Å². The number of aliphatic carboxylic acids is 1. The molecule has 0 saturated carbocycles. The van der Waals surface area contributed by atoms with Crippen molar-refractivity contribution in [2.24, 2.45) is 0 Å². The Morgan fingerprint density at radius 3 is 2.12 bits per heavy atom. The largest absolute Gasteiger partial charge is 0.480 e. The molecule has 2 aromatic rings. The Labute approximate surface area is 152 Å². The number of amides is 1. The smallest absolute Gasteiger partial charge is 0.408 e. The second-order valence-corrected chi connectivity index (χ2v) is 6.80. The van der Waals surface area contributed by atoms with Gasteiger partial charge in [0.25, 0.3) is 0 Å². The van der Waals surface area contributed by atoms with Gasteiger partial charge in [0.05, 0.1) is 0 Å². The summed E-state index contributed by atoms with van der Waals surface area (Å²) in [6, 6.07) is 15.3. The van der Waals surface area contributed by atoms with Gasteiger partial charge in [0.1, 0.15) is 23.1 Å². The van der Waals surface area contributed by atoms with E-state index in [-0.39, 0.29) is 6.42 Å². The zero-order valence-electron chi connectivity index (χ0n) is 15.1. The Kier molecular flexibility index (Phi) is 6.22. The number of rotatable bonds is 6. The molecule has 1 atom stereocenters. The van der Waals surface area contributed by atoms with Gasteiger partial charge in [0.2, 0.25) is 0 Å². The van der Waals surface area contributed by atoms with Crippen LogP contribution in [0, 0.1) is 0 Å². The van der Waals surface area contributed by atoms with Gasteiger partial charge in [0, 0.05) is 6.42 Å². The second kappa shape index (κ2) is 8.38. The van der Waals surface area contributed by atoms with Crippen LogP contribution in [0.2, 0.25) is 0 Å². The first kappa shape index (κ1) is 19.3. The molecule has 1 amide bonds. The number of alkyl carbamates (subject to hydrolysis) is 1. The molecule has 2 rings (SSSR count). The summed E-state index contributed by atoms with van der Waals surface area (Å²) in [6.07, 6.45) is -0.617. The molecule has 0 aromatic heterocycles. The van der Waals surface area contributed by atoms with Gasteiger partial charge in [-0.2, -0.15) is 0 Å². The molecule has 6 nitrogen and oxygen atoms in total. The summed E-state index contributed by atoms with van der Waals surface area (Å²) in [5.41, 5.74) is 0.0673. The normalized spacial score (nSPS) is 12.1. The van der Waals surface area contributed by atoms with Gasteiger partial charge in [-0.1, -0.05) is 30.3 Å². The Balaban J connectivity index is 1.98. The quantitative estimate of drug-likeness (QED) is 0.816. The van der Waals surface area contributed by atoms with Crippen LogP contribution in [0.15, 0.2) is 54.6 Å². The molecular weight excluding hydrogens is 334 g/mol. The first-order chi connectivity index (χ1) is 12.2. The van der Waals surface area contributed by atoms with Gasteiger partial charge in [-0.05, 0) is 50.6 Å². The van der Waals surface area contributed by atoms with Crippen molar-refractivity contribution in [3.8, 4) is 11.5 Å². The minimum absolute atomic E-state index is 0.139. The lowest BCUT2D eigenvalue weighted by atomic mass is 10.1. The fourth-order valence-electron chi connectivity index (χ4n) is 2.20. The summed E-state index contributed by atoms with van der Waals surface area (Å²) in [5.74, 6) is 0.239.